The van der Waals surface area contributed by atoms with Crippen molar-refractivity contribution in [2.75, 3.05) is 28.4 Å². The van der Waals surface area contributed by atoms with Crippen molar-refractivity contribution in [3.05, 3.63) is 80.9 Å². The molecule has 0 spiro atoms. The number of hydrogen-bond donors (Lipinski definition) is 0. The van der Waals surface area contributed by atoms with E-state index in [9.17, 15) is 0 Å². The van der Waals surface area contributed by atoms with Crippen LogP contribution in [0.4, 0.5) is 0 Å². The number of rotatable bonds is 9. The van der Waals surface area contributed by atoms with Gasteiger partial charge in [-0.25, -0.2) is 0 Å². The lowest BCUT2D eigenvalue weighted by Gasteiger charge is -2.12. The summed E-state index contributed by atoms with van der Waals surface area (Å²) in [5.74, 6) is 3.31. The molecule has 2 aromatic carbocycles. The number of thiophene rings is 4. The Hall–Kier alpha value is -3.56. The normalized spacial score (nSPS) is 11.3. The molecule has 0 aliphatic heterocycles. The van der Waals surface area contributed by atoms with E-state index in [4.69, 9.17) is 18.9 Å². The summed E-state index contributed by atoms with van der Waals surface area (Å²) >= 11 is 7.52. The Morgan fingerprint density at radius 3 is 0.708 bits per heavy atom. The van der Waals surface area contributed by atoms with E-state index in [1.54, 1.807) is 28.4 Å². The number of benzene rings is 2. The van der Waals surface area contributed by atoms with Crippen LogP contribution < -0.4 is 18.9 Å². The van der Waals surface area contributed by atoms with Gasteiger partial charge in [0.1, 0.15) is 23.0 Å². The summed E-state index contributed by atoms with van der Waals surface area (Å²) < 4.78 is 23.2. The van der Waals surface area contributed by atoms with Crippen molar-refractivity contribution < 1.29 is 18.9 Å². The first-order valence-electron chi connectivity index (χ1n) is 15.8. The van der Waals surface area contributed by atoms with Gasteiger partial charge in [0.2, 0.25) is 0 Å². The zero-order valence-corrected chi connectivity index (χ0v) is 33.0. The number of methoxy groups -OCH3 is 4. The minimum atomic E-state index is 0.827. The number of hydrogen-bond acceptors (Lipinski definition) is 8. The van der Waals surface area contributed by atoms with Gasteiger partial charge in [0, 0.05) is 39.0 Å². The maximum Gasteiger partial charge on any atom is 0.131 e. The zero-order valence-electron chi connectivity index (χ0n) is 29.7. The van der Waals surface area contributed by atoms with Crippen LogP contribution in [-0.2, 0) is 0 Å². The molecule has 0 aliphatic carbocycles. The Labute approximate surface area is 300 Å². The van der Waals surface area contributed by atoms with Crippen LogP contribution in [-0.4, -0.2) is 28.4 Å². The molecular formula is C40H42O4S4. The quantitative estimate of drug-likeness (QED) is 0.149. The third kappa shape index (κ3) is 5.38. The molecular weight excluding hydrogens is 673 g/mol. The molecule has 0 saturated carbocycles. The predicted octanol–water partition coefficient (Wildman–Crippen LogP) is 12.8. The highest BCUT2D eigenvalue weighted by molar-refractivity contribution is 7.30. The first kappa shape index (κ1) is 34.3. The van der Waals surface area contributed by atoms with Crippen LogP contribution in [0.5, 0.6) is 23.0 Å². The highest BCUT2D eigenvalue weighted by Gasteiger charge is 2.28. The van der Waals surface area contributed by atoms with Crippen molar-refractivity contribution in [3.8, 4) is 73.1 Å². The van der Waals surface area contributed by atoms with Crippen LogP contribution in [0.15, 0.2) is 36.4 Å². The summed E-state index contributed by atoms with van der Waals surface area (Å²) in [4.78, 5) is 10.4. The molecule has 48 heavy (non-hydrogen) atoms. The van der Waals surface area contributed by atoms with Crippen LogP contribution in [0.1, 0.15) is 44.5 Å². The van der Waals surface area contributed by atoms with E-state index >= 15 is 0 Å². The average molecular weight is 715 g/mol. The van der Waals surface area contributed by atoms with E-state index in [2.05, 4.69) is 55.4 Å². The average Bonchev–Trinajstić information content (AvgIpc) is 3.76. The summed E-state index contributed by atoms with van der Waals surface area (Å²) in [6.45, 7) is 18.0. The SMILES string of the molecule is COc1cccc(OC)c1-c1sc(-c2sc(-c3sc(-c4sc(-c5c(OC)cccc5OC)c(C)c4C)c(C)c3C)c(C)c2C)c(C)c1C. The molecule has 0 amide bonds. The van der Waals surface area contributed by atoms with Crippen LogP contribution in [0.2, 0.25) is 0 Å². The molecule has 250 valence electrons. The van der Waals surface area contributed by atoms with E-state index in [1.165, 1.54) is 83.5 Å². The van der Waals surface area contributed by atoms with Crippen LogP contribution in [0.3, 0.4) is 0 Å². The van der Waals surface area contributed by atoms with Crippen molar-refractivity contribution in [1.29, 1.82) is 0 Å². The van der Waals surface area contributed by atoms with Gasteiger partial charge < -0.3 is 18.9 Å². The molecule has 0 N–H and O–H groups in total. The zero-order chi connectivity index (χ0) is 34.6. The van der Waals surface area contributed by atoms with E-state index in [-0.39, 0.29) is 0 Å². The summed E-state index contributed by atoms with van der Waals surface area (Å²) in [7, 11) is 6.90. The Balaban J connectivity index is 1.47. The van der Waals surface area contributed by atoms with Crippen molar-refractivity contribution in [1.82, 2.24) is 0 Å². The molecule has 0 radical (unpaired) electrons. The van der Waals surface area contributed by atoms with Crippen molar-refractivity contribution in [3.63, 3.8) is 0 Å². The monoisotopic (exact) mass is 714 g/mol. The molecule has 0 atom stereocenters. The van der Waals surface area contributed by atoms with Crippen LogP contribution in [0.25, 0.3) is 50.1 Å². The first-order valence-corrected chi connectivity index (χ1v) is 19.1. The lowest BCUT2D eigenvalue weighted by Crippen LogP contribution is -1.92. The Bertz CT molecular complexity index is 1970. The first-order chi connectivity index (χ1) is 23.0. The van der Waals surface area contributed by atoms with E-state index in [0.29, 0.717) is 0 Å². The minimum Gasteiger partial charge on any atom is -0.496 e. The van der Waals surface area contributed by atoms with Gasteiger partial charge in [-0.3, -0.25) is 0 Å². The van der Waals surface area contributed by atoms with Gasteiger partial charge in [-0.2, -0.15) is 0 Å². The number of ether oxygens (including phenoxy) is 4. The largest absolute Gasteiger partial charge is 0.496 e. The van der Waals surface area contributed by atoms with Crippen LogP contribution >= 0.6 is 45.3 Å². The molecule has 6 rings (SSSR count). The van der Waals surface area contributed by atoms with Gasteiger partial charge in [0.15, 0.2) is 0 Å². The van der Waals surface area contributed by atoms with Gasteiger partial charge >= 0.3 is 0 Å². The predicted molar refractivity (Wildman–Crippen MR) is 209 cm³/mol. The molecule has 0 unspecified atom stereocenters. The van der Waals surface area contributed by atoms with Gasteiger partial charge in [0.25, 0.3) is 0 Å². The van der Waals surface area contributed by atoms with Gasteiger partial charge in [-0.15, -0.1) is 45.3 Å². The fraction of sp³-hybridized carbons (Fsp3) is 0.300. The molecule has 0 aliphatic rings. The Morgan fingerprint density at radius 1 is 0.312 bits per heavy atom. The van der Waals surface area contributed by atoms with E-state index < -0.39 is 0 Å². The maximum absolute atomic E-state index is 5.80. The van der Waals surface area contributed by atoms with Crippen molar-refractivity contribution in [2.45, 2.75) is 55.4 Å². The van der Waals surface area contributed by atoms with Crippen molar-refractivity contribution >= 4 is 45.3 Å². The molecule has 8 heteroatoms. The highest BCUT2D eigenvalue weighted by atomic mass is 32.1. The van der Waals surface area contributed by atoms with E-state index in [1.807, 2.05) is 81.7 Å². The molecule has 4 aromatic heterocycles. The Morgan fingerprint density at radius 2 is 0.500 bits per heavy atom. The third-order valence-electron chi connectivity index (χ3n) is 9.72. The minimum absolute atomic E-state index is 0.827. The molecule has 4 heterocycles. The molecule has 0 saturated heterocycles. The lowest BCUT2D eigenvalue weighted by atomic mass is 10.0. The van der Waals surface area contributed by atoms with Gasteiger partial charge in [-0.1, -0.05) is 12.1 Å². The fourth-order valence-electron chi connectivity index (χ4n) is 6.31. The standard InChI is InChI=1S/C40H42O4S4/c1-19-21(3)35(45-33(19)31-27(41-9)15-13-16-28(31)42-10)37-23(5)25(7)39(47-37)40-26(8)24(6)38(48-40)36-22(4)20(2)34(46-36)32-29(43-11)17-14-18-30(32)44-12/h13-18H,1-12H3. The second-order valence-electron chi connectivity index (χ2n) is 12.1. The Kier molecular flexibility index (Phi) is 9.57. The molecule has 0 fully saturated rings. The van der Waals surface area contributed by atoms with Crippen molar-refractivity contribution in [2.24, 2.45) is 0 Å². The van der Waals surface area contributed by atoms with E-state index in [0.717, 1.165) is 34.1 Å². The van der Waals surface area contributed by atoms with Crippen LogP contribution in [0, 0.1) is 55.4 Å². The summed E-state index contributed by atoms with van der Waals surface area (Å²) in [5.41, 5.74) is 12.6. The molecule has 0 bridgehead atoms. The third-order valence-corrected chi connectivity index (χ3v) is 15.8. The molecule has 4 nitrogen and oxygen atoms in total. The fourth-order valence-corrected chi connectivity index (χ4v) is 12.4. The second-order valence-corrected chi connectivity index (χ2v) is 16.2. The summed E-state index contributed by atoms with van der Waals surface area (Å²) in [6, 6.07) is 12.0. The smallest absolute Gasteiger partial charge is 0.131 e. The summed E-state index contributed by atoms with van der Waals surface area (Å²) in [6.07, 6.45) is 0. The van der Waals surface area contributed by atoms with Gasteiger partial charge in [-0.05, 0) is 124 Å². The molecule has 6 aromatic rings. The maximum atomic E-state index is 5.80. The lowest BCUT2D eigenvalue weighted by molar-refractivity contribution is 0.397. The van der Waals surface area contributed by atoms with Gasteiger partial charge in [0.05, 0.1) is 39.6 Å². The highest BCUT2D eigenvalue weighted by Crippen LogP contribution is 2.55. The topological polar surface area (TPSA) is 36.9 Å². The summed E-state index contributed by atoms with van der Waals surface area (Å²) in [5, 5.41) is 0. The second kappa shape index (κ2) is 13.4.